The van der Waals surface area contributed by atoms with E-state index in [1.807, 2.05) is 20.8 Å². The number of rotatable bonds is 9. The van der Waals surface area contributed by atoms with Crippen LogP contribution in [-0.4, -0.2) is 44.0 Å². The number of amides is 2. The zero-order valence-electron chi connectivity index (χ0n) is 14.1. The molecule has 1 atom stereocenters. The Labute approximate surface area is 137 Å². The Morgan fingerprint density at radius 1 is 1.17 bits per heavy atom. The Morgan fingerprint density at radius 2 is 1.83 bits per heavy atom. The van der Waals surface area contributed by atoms with Crippen LogP contribution in [-0.2, 0) is 16.0 Å². The summed E-state index contributed by atoms with van der Waals surface area (Å²) < 4.78 is 13.5. The predicted molar refractivity (Wildman–Crippen MR) is 87.6 cm³/mol. The molecule has 3 N–H and O–H groups in total. The molecule has 6 heteroatoms. The van der Waals surface area contributed by atoms with E-state index >= 15 is 0 Å². The summed E-state index contributed by atoms with van der Waals surface area (Å²) in [4.78, 5) is 24.6. The molecule has 128 valence electrons. The summed E-state index contributed by atoms with van der Waals surface area (Å²) in [5.41, 5.74) is 0.587. The Bertz CT molecular complexity index is 520. The van der Waals surface area contributed by atoms with Gasteiger partial charge in [-0.15, -0.1) is 0 Å². The molecule has 0 bridgehead atoms. The maximum Gasteiger partial charge on any atom is 0.275 e. The van der Waals surface area contributed by atoms with Crippen LogP contribution in [0.15, 0.2) is 24.3 Å². The van der Waals surface area contributed by atoms with E-state index in [1.54, 1.807) is 18.2 Å². The van der Waals surface area contributed by atoms with E-state index in [0.29, 0.717) is 25.1 Å². The summed E-state index contributed by atoms with van der Waals surface area (Å²) in [6.45, 7) is 7.32. The number of likely N-dealkylation sites (N-methyl/N-ethyl adjacent to an activating group) is 1. The lowest BCUT2D eigenvalue weighted by atomic mass is 10.1. The molecule has 1 rings (SSSR count). The molecule has 5 nitrogen and oxygen atoms in total. The first-order valence-corrected chi connectivity index (χ1v) is 8.05. The maximum atomic E-state index is 13.5. The summed E-state index contributed by atoms with van der Waals surface area (Å²) in [6.07, 6.45) is 0.452. The Morgan fingerprint density at radius 3 is 2.43 bits per heavy atom. The summed E-state index contributed by atoms with van der Waals surface area (Å²) in [7, 11) is 0. The van der Waals surface area contributed by atoms with Crippen molar-refractivity contribution in [2.45, 2.75) is 33.2 Å². The minimum absolute atomic E-state index is 0.0593. The number of benzene rings is 1. The minimum Gasteiger partial charge on any atom is -0.351 e. The third kappa shape index (κ3) is 7.74. The SMILES string of the molecule is CC[NH+](CC(=O)NCCc1ccccc1F)CC(=O)NC(C)C. The van der Waals surface area contributed by atoms with Crippen molar-refractivity contribution in [1.29, 1.82) is 0 Å². The van der Waals surface area contributed by atoms with Gasteiger partial charge in [0, 0.05) is 12.6 Å². The lowest BCUT2D eigenvalue weighted by Gasteiger charge is -2.17. The highest BCUT2D eigenvalue weighted by Gasteiger charge is 2.16. The van der Waals surface area contributed by atoms with Gasteiger partial charge in [0.1, 0.15) is 5.82 Å². The van der Waals surface area contributed by atoms with Crippen LogP contribution in [0.2, 0.25) is 0 Å². The molecule has 0 radical (unpaired) electrons. The number of nitrogens with one attached hydrogen (secondary N) is 3. The van der Waals surface area contributed by atoms with E-state index in [1.165, 1.54) is 6.07 Å². The molecule has 1 unspecified atom stereocenters. The molecule has 1 aromatic carbocycles. The molecule has 0 spiro atoms. The van der Waals surface area contributed by atoms with Crippen LogP contribution in [0.4, 0.5) is 4.39 Å². The lowest BCUT2D eigenvalue weighted by Crippen LogP contribution is -3.14. The van der Waals surface area contributed by atoms with Gasteiger partial charge < -0.3 is 15.5 Å². The fourth-order valence-corrected chi connectivity index (χ4v) is 2.24. The van der Waals surface area contributed by atoms with Crippen LogP contribution < -0.4 is 15.5 Å². The fourth-order valence-electron chi connectivity index (χ4n) is 2.24. The summed E-state index contributed by atoms with van der Waals surface area (Å²) >= 11 is 0. The number of hydrogen-bond donors (Lipinski definition) is 3. The van der Waals surface area contributed by atoms with Gasteiger partial charge >= 0.3 is 0 Å². The molecule has 0 aliphatic rings. The van der Waals surface area contributed by atoms with Gasteiger partial charge in [0.25, 0.3) is 11.8 Å². The second kappa shape index (κ2) is 9.94. The van der Waals surface area contributed by atoms with Crippen molar-refractivity contribution in [3.05, 3.63) is 35.6 Å². The molecular weight excluding hydrogens is 297 g/mol. The van der Waals surface area contributed by atoms with Crippen LogP contribution in [0.5, 0.6) is 0 Å². The normalized spacial score (nSPS) is 12.0. The number of halogens is 1. The van der Waals surface area contributed by atoms with E-state index in [4.69, 9.17) is 0 Å². The van der Waals surface area contributed by atoms with Crippen molar-refractivity contribution in [2.24, 2.45) is 0 Å². The van der Waals surface area contributed by atoms with Crippen molar-refractivity contribution in [3.63, 3.8) is 0 Å². The van der Waals surface area contributed by atoms with Gasteiger partial charge in [-0.1, -0.05) is 18.2 Å². The Hall–Kier alpha value is -1.95. The van der Waals surface area contributed by atoms with Crippen molar-refractivity contribution in [1.82, 2.24) is 10.6 Å². The molecule has 0 aliphatic heterocycles. The van der Waals surface area contributed by atoms with Crippen molar-refractivity contribution < 1.29 is 18.9 Å². The van der Waals surface area contributed by atoms with E-state index in [0.717, 1.165) is 4.90 Å². The third-order valence-corrected chi connectivity index (χ3v) is 3.45. The molecule has 0 aliphatic carbocycles. The summed E-state index contributed by atoms with van der Waals surface area (Å²) in [6, 6.07) is 6.63. The van der Waals surface area contributed by atoms with Crippen LogP contribution in [0.1, 0.15) is 26.3 Å². The molecule has 0 saturated heterocycles. The van der Waals surface area contributed by atoms with E-state index in [9.17, 15) is 14.0 Å². The molecule has 0 heterocycles. The van der Waals surface area contributed by atoms with Gasteiger partial charge in [-0.2, -0.15) is 0 Å². The number of carbonyl (C=O) groups excluding carboxylic acids is 2. The van der Waals surface area contributed by atoms with Gasteiger partial charge in [0.15, 0.2) is 13.1 Å². The number of quaternary nitrogens is 1. The van der Waals surface area contributed by atoms with Gasteiger partial charge in [-0.25, -0.2) is 4.39 Å². The largest absolute Gasteiger partial charge is 0.351 e. The zero-order chi connectivity index (χ0) is 17.2. The van der Waals surface area contributed by atoms with Crippen molar-refractivity contribution in [2.75, 3.05) is 26.2 Å². The summed E-state index contributed by atoms with van der Waals surface area (Å²) in [5.74, 6) is -0.445. The smallest absolute Gasteiger partial charge is 0.275 e. The van der Waals surface area contributed by atoms with Crippen LogP contribution in [0, 0.1) is 5.82 Å². The molecular formula is C17H27FN3O2+. The highest BCUT2D eigenvalue weighted by Crippen LogP contribution is 2.05. The first-order chi connectivity index (χ1) is 10.9. The first kappa shape index (κ1) is 19.1. The predicted octanol–water partition coefficient (Wildman–Crippen LogP) is -0.0862. The summed E-state index contributed by atoms with van der Waals surface area (Å²) in [5, 5.41) is 5.60. The van der Waals surface area contributed by atoms with Gasteiger partial charge in [0.05, 0.1) is 6.54 Å². The Balaban J connectivity index is 2.33. The highest BCUT2D eigenvalue weighted by atomic mass is 19.1. The second-order valence-electron chi connectivity index (χ2n) is 5.87. The lowest BCUT2D eigenvalue weighted by molar-refractivity contribution is -0.881. The Kier molecular flexibility index (Phi) is 8.26. The zero-order valence-corrected chi connectivity index (χ0v) is 14.1. The van der Waals surface area contributed by atoms with Crippen molar-refractivity contribution in [3.8, 4) is 0 Å². The van der Waals surface area contributed by atoms with E-state index in [2.05, 4.69) is 10.6 Å². The topological polar surface area (TPSA) is 62.6 Å². The highest BCUT2D eigenvalue weighted by molar-refractivity contribution is 5.79. The second-order valence-corrected chi connectivity index (χ2v) is 5.87. The quantitative estimate of drug-likeness (QED) is 0.595. The average Bonchev–Trinajstić information content (AvgIpc) is 2.47. The minimum atomic E-state index is -0.257. The standard InChI is InChI=1S/C17H26FN3O2/c1-4-21(12-17(23)20-13(2)3)11-16(22)19-10-9-14-7-5-6-8-15(14)18/h5-8,13H,4,9-12H2,1-3H3,(H,19,22)(H,20,23)/p+1. The molecule has 2 amide bonds. The first-order valence-electron chi connectivity index (χ1n) is 8.05. The molecule has 23 heavy (non-hydrogen) atoms. The average molecular weight is 324 g/mol. The maximum absolute atomic E-state index is 13.5. The number of hydrogen-bond acceptors (Lipinski definition) is 2. The molecule has 0 aromatic heterocycles. The molecule has 0 fully saturated rings. The van der Waals surface area contributed by atoms with Gasteiger partial charge in [-0.3, -0.25) is 9.59 Å². The van der Waals surface area contributed by atoms with Crippen molar-refractivity contribution >= 4 is 11.8 Å². The van der Waals surface area contributed by atoms with Gasteiger partial charge in [-0.05, 0) is 38.8 Å². The van der Waals surface area contributed by atoms with E-state index in [-0.39, 0.29) is 36.8 Å². The van der Waals surface area contributed by atoms with Crippen LogP contribution in [0.25, 0.3) is 0 Å². The van der Waals surface area contributed by atoms with Crippen LogP contribution in [0.3, 0.4) is 0 Å². The fraction of sp³-hybridized carbons (Fsp3) is 0.529. The number of carbonyl (C=O) groups is 2. The van der Waals surface area contributed by atoms with Crippen LogP contribution >= 0.6 is 0 Å². The molecule has 0 saturated carbocycles. The molecule has 1 aromatic rings. The monoisotopic (exact) mass is 324 g/mol. The third-order valence-electron chi connectivity index (χ3n) is 3.45. The van der Waals surface area contributed by atoms with E-state index < -0.39 is 0 Å². The van der Waals surface area contributed by atoms with Gasteiger partial charge in [0.2, 0.25) is 0 Å².